The summed E-state index contributed by atoms with van der Waals surface area (Å²) < 4.78 is 27.7. The highest BCUT2D eigenvalue weighted by Gasteiger charge is 2.41. The van der Waals surface area contributed by atoms with Gasteiger partial charge in [0.1, 0.15) is 0 Å². The van der Waals surface area contributed by atoms with Gasteiger partial charge < -0.3 is 10.6 Å². The summed E-state index contributed by atoms with van der Waals surface area (Å²) in [5.41, 5.74) is 3.35. The third-order valence-corrected chi connectivity index (χ3v) is 8.90. The molecule has 2 aromatic carbocycles. The molecule has 2 fully saturated rings. The van der Waals surface area contributed by atoms with E-state index in [1.54, 1.807) is 28.6 Å². The van der Waals surface area contributed by atoms with Crippen molar-refractivity contribution in [2.45, 2.75) is 55.5 Å². The number of nitrogens with one attached hydrogen (secondary N) is 2. The summed E-state index contributed by atoms with van der Waals surface area (Å²) in [5, 5.41) is 7.31. The first-order chi connectivity index (χ1) is 14.5. The van der Waals surface area contributed by atoms with Crippen molar-refractivity contribution in [3.8, 4) is 0 Å². The van der Waals surface area contributed by atoms with Crippen LogP contribution >= 0.6 is 0 Å². The highest BCUT2D eigenvalue weighted by atomic mass is 32.2. The number of sulfonamides is 1. The highest BCUT2D eigenvalue weighted by molar-refractivity contribution is 7.92. The van der Waals surface area contributed by atoms with E-state index in [2.05, 4.69) is 29.7 Å². The Labute approximate surface area is 179 Å². The zero-order valence-corrected chi connectivity index (χ0v) is 18.4. The first-order valence-electron chi connectivity index (χ1n) is 11.2. The zero-order chi connectivity index (χ0) is 20.7. The predicted octanol–water partition coefficient (Wildman–Crippen LogP) is 3.27. The number of piperidine rings is 1. The minimum atomic E-state index is -3.49. The number of anilines is 1. The third kappa shape index (κ3) is 3.77. The fraction of sp³-hybridized carbons (Fsp3) is 0.500. The summed E-state index contributed by atoms with van der Waals surface area (Å²) in [6.07, 6.45) is 4.48. The van der Waals surface area contributed by atoms with Crippen molar-refractivity contribution in [2.75, 3.05) is 23.9 Å². The highest BCUT2D eigenvalue weighted by Crippen LogP contribution is 2.44. The van der Waals surface area contributed by atoms with E-state index in [1.807, 2.05) is 12.1 Å². The van der Waals surface area contributed by atoms with Crippen molar-refractivity contribution >= 4 is 15.7 Å². The van der Waals surface area contributed by atoms with Crippen LogP contribution in [0.4, 0.5) is 5.69 Å². The molecule has 2 heterocycles. The molecule has 1 unspecified atom stereocenters. The maximum Gasteiger partial charge on any atom is 0.264 e. The van der Waals surface area contributed by atoms with Crippen LogP contribution in [0, 0.1) is 5.92 Å². The van der Waals surface area contributed by atoms with Gasteiger partial charge in [0.25, 0.3) is 10.0 Å². The molecule has 6 heteroatoms. The molecule has 1 aliphatic carbocycles. The molecular weight excluding hydrogens is 394 g/mol. The molecule has 1 saturated heterocycles. The maximum atomic E-state index is 13.1. The van der Waals surface area contributed by atoms with Crippen LogP contribution in [0.1, 0.15) is 43.2 Å². The first-order valence-corrected chi connectivity index (χ1v) is 12.7. The zero-order valence-electron chi connectivity index (χ0n) is 17.5. The van der Waals surface area contributed by atoms with Crippen LogP contribution in [0.3, 0.4) is 0 Å². The summed E-state index contributed by atoms with van der Waals surface area (Å²) in [5.74, 6) is 1.32. The smallest absolute Gasteiger partial charge is 0.264 e. The second kappa shape index (κ2) is 7.98. The van der Waals surface area contributed by atoms with Gasteiger partial charge in [-0.25, -0.2) is 8.42 Å². The average molecular weight is 426 g/mol. The van der Waals surface area contributed by atoms with E-state index in [-0.39, 0.29) is 0 Å². The molecule has 0 bridgehead atoms. The second-order valence-electron chi connectivity index (χ2n) is 9.02. The minimum absolute atomic E-state index is 0.361. The number of benzene rings is 2. The largest absolute Gasteiger partial charge is 0.317 e. The predicted molar refractivity (Wildman–Crippen MR) is 120 cm³/mol. The lowest BCUT2D eigenvalue weighted by atomic mass is 9.91. The molecule has 3 atom stereocenters. The van der Waals surface area contributed by atoms with Crippen molar-refractivity contribution in [3.05, 3.63) is 59.7 Å². The van der Waals surface area contributed by atoms with Crippen molar-refractivity contribution in [2.24, 2.45) is 5.92 Å². The van der Waals surface area contributed by atoms with Crippen LogP contribution in [0.15, 0.2) is 53.4 Å². The average Bonchev–Trinajstić information content (AvgIpc) is 3.40. The van der Waals surface area contributed by atoms with Crippen LogP contribution in [-0.2, 0) is 16.4 Å². The fourth-order valence-corrected chi connectivity index (χ4v) is 6.68. The van der Waals surface area contributed by atoms with E-state index in [9.17, 15) is 8.42 Å². The van der Waals surface area contributed by atoms with Crippen molar-refractivity contribution in [1.29, 1.82) is 0 Å². The van der Waals surface area contributed by atoms with Crippen LogP contribution in [0.5, 0.6) is 0 Å². The molecule has 0 aromatic heterocycles. The van der Waals surface area contributed by atoms with Gasteiger partial charge in [0, 0.05) is 24.5 Å². The number of hydrogen-bond donors (Lipinski definition) is 2. The molecular formula is C24H31N3O2S. The van der Waals surface area contributed by atoms with E-state index in [1.165, 1.54) is 24.8 Å². The molecule has 1 saturated carbocycles. The van der Waals surface area contributed by atoms with Gasteiger partial charge in [0.05, 0.1) is 10.6 Å². The molecule has 160 valence electrons. The van der Waals surface area contributed by atoms with Gasteiger partial charge in [-0.1, -0.05) is 30.3 Å². The topological polar surface area (TPSA) is 61.4 Å². The SMILES string of the molecule is CC(N[C@@H]1C[C@H]1c1ccc2c(c1)CCN2S(=O)(=O)c1ccccc1)C1CCNCC1. The molecule has 3 aliphatic rings. The van der Waals surface area contributed by atoms with Crippen LogP contribution < -0.4 is 14.9 Å². The molecule has 0 radical (unpaired) electrons. The molecule has 2 aliphatic heterocycles. The van der Waals surface area contributed by atoms with E-state index in [0.717, 1.165) is 36.7 Å². The van der Waals surface area contributed by atoms with Gasteiger partial charge in [-0.3, -0.25) is 4.31 Å². The Bertz CT molecular complexity index is 1000. The molecule has 0 spiro atoms. The Morgan fingerprint density at radius 1 is 1.10 bits per heavy atom. The summed E-state index contributed by atoms with van der Waals surface area (Å²) in [6, 6.07) is 16.3. The lowest BCUT2D eigenvalue weighted by molar-refractivity contribution is 0.291. The van der Waals surface area contributed by atoms with E-state index in [4.69, 9.17) is 0 Å². The monoisotopic (exact) mass is 425 g/mol. The van der Waals surface area contributed by atoms with Gasteiger partial charge in [-0.15, -0.1) is 0 Å². The van der Waals surface area contributed by atoms with Crippen molar-refractivity contribution in [3.63, 3.8) is 0 Å². The number of fused-ring (bicyclic) bond motifs is 1. The fourth-order valence-electron chi connectivity index (χ4n) is 5.16. The first kappa shape index (κ1) is 20.0. The van der Waals surface area contributed by atoms with Crippen molar-refractivity contribution < 1.29 is 8.42 Å². The molecule has 5 nitrogen and oxygen atoms in total. The Kier molecular flexibility index (Phi) is 5.33. The minimum Gasteiger partial charge on any atom is -0.317 e. The standard InChI is InChI=1S/C24H31N3O2S/c1-17(18-9-12-25-13-10-18)26-23-16-22(23)19-7-8-24-20(15-19)11-14-27(24)30(28,29)21-5-3-2-4-6-21/h2-8,15,17-18,22-23,25-26H,9-14,16H2,1H3/t17?,22-,23+/m0/s1. The van der Waals surface area contributed by atoms with Gasteiger partial charge in [0.2, 0.25) is 0 Å². The van der Waals surface area contributed by atoms with E-state index >= 15 is 0 Å². The molecule has 2 aromatic rings. The molecule has 0 amide bonds. The molecule has 30 heavy (non-hydrogen) atoms. The van der Waals surface area contributed by atoms with E-state index in [0.29, 0.717) is 29.4 Å². The van der Waals surface area contributed by atoms with Crippen molar-refractivity contribution in [1.82, 2.24) is 10.6 Å². The van der Waals surface area contributed by atoms with Gasteiger partial charge in [0.15, 0.2) is 0 Å². The Balaban J connectivity index is 1.27. The maximum absolute atomic E-state index is 13.1. The third-order valence-electron chi connectivity index (χ3n) is 7.07. The number of hydrogen-bond acceptors (Lipinski definition) is 4. The number of rotatable bonds is 6. The Morgan fingerprint density at radius 2 is 1.87 bits per heavy atom. The Morgan fingerprint density at radius 3 is 2.63 bits per heavy atom. The van der Waals surface area contributed by atoms with Gasteiger partial charge in [-0.2, -0.15) is 0 Å². The Hall–Kier alpha value is -1.89. The summed E-state index contributed by atoms with van der Waals surface area (Å²) in [6.45, 7) is 5.13. The van der Waals surface area contributed by atoms with E-state index < -0.39 is 10.0 Å². The van der Waals surface area contributed by atoms with Crippen LogP contribution in [-0.4, -0.2) is 40.1 Å². The van der Waals surface area contributed by atoms with Crippen LogP contribution in [0.2, 0.25) is 0 Å². The lowest BCUT2D eigenvalue weighted by Gasteiger charge is -2.29. The second-order valence-corrected chi connectivity index (χ2v) is 10.9. The quantitative estimate of drug-likeness (QED) is 0.746. The van der Waals surface area contributed by atoms with Gasteiger partial charge in [-0.05, 0) is 80.9 Å². The summed E-state index contributed by atoms with van der Waals surface area (Å²) >= 11 is 0. The summed E-state index contributed by atoms with van der Waals surface area (Å²) in [7, 11) is -3.49. The molecule has 5 rings (SSSR count). The summed E-state index contributed by atoms with van der Waals surface area (Å²) in [4.78, 5) is 0.361. The number of nitrogens with zero attached hydrogens (tertiary/aromatic N) is 1. The normalized spacial score (nSPS) is 25.2. The van der Waals surface area contributed by atoms with Crippen LogP contribution in [0.25, 0.3) is 0 Å². The van der Waals surface area contributed by atoms with Gasteiger partial charge >= 0.3 is 0 Å². The molecule has 2 N–H and O–H groups in total. The lowest BCUT2D eigenvalue weighted by Crippen LogP contribution is -2.41.